The van der Waals surface area contributed by atoms with E-state index >= 15 is 0 Å². The van der Waals surface area contributed by atoms with Gasteiger partial charge in [0, 0.05) is 18.5 Å². The Morgan fingerprint density at radius 1 is 1.13 bits per heavy atom. The molecule has 31 heavy (non-hydrogen) atoms. The lowest BCUT2D eigenvalue weighted by Crippen LogP contribution is -2.46. The summed E-state index contributed by atoms with van der Waals surface area (Å²) < 4.78 is 2.68. The van der Waals surface area contributed by atoms with Gasteiger partial charge < -0.3 is 10.2 Å². The van der Waals surface area contributed by atoms with Crippen molar-refractivity contribution in [2.24, 2.45) is 0 Å². The van der Waals surface area contributed by atoms with Crippen molar-refractivity contribution in [1.29, 1.82) is 0 Å². The minimum absolute atomic E-state index is 0.0668. The number of fused-ring (bicyclic) bond motifs is 5. The van der Waals surface area contributed by atoms with E-state index in [1.165, 1.54) is 11.3 Å². The van der Waals surface area contributed by atoms with Crippen LogP contribution in [0.2, 0.25) is 0 Å². The van der Waals surface area contributed by atoms with Crippen molar-refractivity contribution < 1.29 is 9.59 Å². The van der Waals surface area contributed by atoms with Crippen LogP contribution in [0.1, 0.15) is 30.0 Å². The van der Waals surface area contributed by atoms with Gasteiger partial charge >= 0.3 is 0 Å². The summed E-state index contributed by atoms with van der Waals surface area (Å²) in [6.45, 7) is 4.50. The van der Waals surface area contributed by atoms with Gasteiger partial charge in [0.1, 0.15) is 11.2 Å². The predicted molar refractivity (Wildman–Crippen MR) is 120 cm³/mol. The number of benzene rings is 2. The number of amides is 2. The maximum atomic E-state index is 13.8. The van der Waals surface area contributed by atoms with Gasteiger partial charge in [-0.25, -0.2) is 4.98 Å². The number of hydrogen-bond acceptors (Lipinski definition) is 5. The zero-order valence-electron chi connectivity index (χ0n) is 17.0. The molecule has 0 aliphatic carbocycles. The number of likely N-dealkylation sites (N-methyl/N-ethyl adjacent to an activating group) is 1. The van der Waals surface area contributed by atoms with Crippen molar-refractivity contribution in [2.75, 3.05) is 16.8 Å². The largest absolute Gasteiger partial charge is 0.311 e. The highest BCUT2D eigenvalue weighted by atomic mass is 32.1. The van der Waals surface area contributed by atoms with E-state index in [0.29, 0.717) is 17.5 Å². The van der Waals surface area contributed by atoms with Crippen LogP contribution in [0.25, 0.3) is 15.3 Å². The molecule has 2 aliphatic rings. The average Bonchev–Trinajstić information content (AvgIpc) is 3.43. The fraction of sp³-hybridized carbons (Fsp3) is 0.217. The molecule has 1 N–H and O–H groups in total. The van der Waals surface area contributed by atoms with Crippen LogP contribution >= 0.6 is 11.3 Å². The van der Waals surface area contributed by atoms with Crippen LogP contribution in [-0.4, -0.2) is 33.1 Å². The molecule has 4 heterocycles. The Labute approximate surface area is 182 Å². The number of nitrogens with one attached hydrogen (secondary N) is 1. The normalized spacial score (nSPS) is 19.7. The molecule has 0 bridgehead atoms. The van der Waals surface area contributed by atoms with Crippen molar-refractivity contribution >= 4 is 44.9 Å². The van der Waals surface area contributed by atoms with Crippen LogP contribution in [0.3, 0.4) is 0 Å². The molecule has 0 fully saturated rings. The third kappa shape index (κ3) is 2.28. The van der Waals surface area contributed by atoms with E-state index in [4.69, 9.17) is 0 Å². The van der Waals surface area contributed by atoms with Gasteiger partial charge in [0.25, 0.3) is 0 Å². The van der Waals surface area contributed by atoms with Crippen molar-refractivity contribution in [3.05, 3.63) is 65.4 Å². The lowest BCUT2D eigenvalue weighted by Gasteiger charge is -2.32. The number of aromatic nitrogens is 3. The first-order chi connectivity index (χ1) is 15.0. The molecule has 2 amide bonds. The predicted octanol–water partition coefficient (Wildman–Crippen LogP) is 3.79. The summed E-state index contributed by atoms with van der Waals surface area (Å²) in [7, 11) is 0. The van der Waals surface area contributed by atoms with Gasteiger partial charge in [-0.1, -0.05) is 41.7 Å². The molecule has 0 saturated carbocycles. The second-order valence-electron chi connectivity index (χ2n) is 7.93. The van der Waals surface area contributed by atoms with Gasteiger partial charge in [-0.05, 0) is 37.1 Å². The molecule has 6 rings (SSSR count). The zero-order chi connectivity index (χ0) is 21.3. The van der Waals surface area contributed by atoms with E-state index in [2.05, 4.69) is 15.4 Å². The molecule has 2 aliphatic heterocycles. The monoisotopic (exact) mass is 429 g/mol. The molecule has 1 atom stereocenters. The van der Waals surface area contributed by atoms with Crippen molar-refractivity contribution in [3.8, 4) is 5.13 Å². The van der Waals surface area contributed by atoms with Gasteiger partial charge in [-0.2, -0.15) is 9.78 Å². The highest BCUT2D eigenvalue weighted by Crippen LogP contribution is 2.53. The first-order valence-electron chi connectivity index (χ1n) is 10.2. The topological polar surface area (TPSA) is 80.1 Å². The molecular weight excluding hydrogens is 410 g/mol. The first-order valence-corrected chi connectivity index (χ1v) is 11.0. The van der Waals surface area contributed by atoms with Crippen LogP contribution in [0, 0.1) is 6.92 Å². The molecule has 0 radical (unpaired) electrons. The molecule has 154 valence electrons. The van der Waals surface area contributed by atoms with Gasteiger partial charge in [-0.3, -0.25) is 9.59 Å². The highest BCUT2D eigenvalue weighted by Gasteiger charge is 2.57. The zero-order valence-corrected chi connectivity index (χ0v) is 17.9. The number of carbonyl (C=O) groups is 2. The third-order valence-corrected chi connectivity index (χ3v) is 7.28. The van der Waals surface area contributed by atoms with Crippen LogP contribution in [0.4, 0.5) is 11.5 Å². The quantitative estimate of drug-likeness (QED) is 0.526. The molecule has 7 nitrogen and oxygen atoms in total. The third-order valence-electron chi connectivity index (χ3n) is 6.27. The van der Waals surface area contributed by atoms with E-state index in [0.717, 1.165) is 32.6 Å². The van der Waals surface area contributed by atoms with Crippen molar-refractivity contribution in [1.82, 2.24) is 14.8 Å². The number of anilines is 2. The van der Waals surface area contributed by atoms with Crippen LogP contribution in [0.5, 0.6) is 0 Å². The number of carbonyl (C=O) groups excluding carboxylic acids is 2. The van der Waals surface area contributed by atoms with Gasteiger partial charge in [0.2, 0.25) is 16.9 Å². The molecular formula is C23H19N5O2S. The average molecular weight is 430 g/mol. The Hall–Kier alpha value is -3.52. The Kier molecular flexibility index (Phi) is 3.68. The second kappa shape index (κ2) is 6.24. The van der Waals surface area contributed by atoms with E-state index in [9.17, 15) is 9.59 Å². The minimum atomic E-state index is -1.07. The summed E-state index contributed by atoms with van der Waals surface area (Å²) in [5.74, 6) is 0.252. The summed E-state index contributed by atoms with van der Waals surface area (Å²) >= 11 is 1.50. The Bertz CT molecular complexity index is 1370. The maximum Gasteiger partial charge on any atom is 0.242 e. The second-order valence-corrected chi connectivity index (χ2v) is 8.94. The van der Waals surface area contributed by atoms with Crippen molar-refractivity contribution in [2.45, 2.75) is 25.7 Å². The SMILES string of the molecule is CCN1C(=O)C2(CC(=O)Nc3c2cnn3-c2nc3ccccc3s2)c2cccc(C)c21. The van der Waals surface area contributed by atoms with Crippen LogP contribution < -0.4 is 10.2 Å². The number of hydrogen-bond donors (Lipinski definition) is 1. The first kappa shape index (κ1) is 18.3. The van der Waals surface area contributed by atoms with Gasteiger partial charge in [0.05, 0.1) is 22.1 Å². The molecule has 2 aromatic carbocycles. The van der Waals surface area contributed by atoms with Gasteiger partial charge in [0.15, 0.2) is 0 Å². The summed E-state index contributed by atoms with van der Waals surface area (Å²) in [6.07, 6.45) is 1.78. The summed E-state index contributed by atoms with van der Waals surface area (Å²) in [6, 6.07) is 13.8. The smallest absolute Gasteiger partial charge is 0.242 e. The molecule has 2 aromatic heterocycles. The molecule has 8 heteroatoms. The number of aryl methyl sites for hydroxylation is 1. The minimum Gasteiger partial charge on any atom is -0.311 e. The number of thiazole rings is 1. The fourth-order valence-electron chi connectivity index (χ4n) is 4.93. The van der Waals surface area contributed by atoms with Crippen LogP contribution in [0.15, 0.2) is 48.7 Å². The van der Waals surface area contributed by atoms with Crippen LogP contribution in [-0.2, 0) is 15.0 Å². The Balaban J connectivity index is 1.61. The lowest BCUT2D eigenvalue weighted by molar-refractivity contribution is -0.126. The van der Waals surface area contributed by atoms with Gasteiger partial charge in [-0.15, -0.1) is 0 Å². The highest BCUT2D eigenvalue weighted by molar-refractivity contribution is 7.20. The Morgan fingerprint density at radius 3 is 2.77 bits per heavy atom. The number of nitrogens with zero attached hydrogens (tertiary/aromatic N) is 4. The fourth-order valence-corrected chi connectivity index (χ4v) is 5.86. The summed E-state index contributed by atoms with van der Waals surface area (Å²) in [5.41, 5.74) is 3.33. The summed E-state index contributed by atoms with van der Waals surface area (Å²) in [5, 5.41) is 8.19. The standard InChI is InChI=1S/C23H19N5O2S/c1-3-27-19-13(2)7-6-8-14(19)23(21(27)30)11-18(29)26-20-15(23)12-24-28(20)22-25-16-9-4-5-10-17(16)31-22/h4-10,12H,3,11H2,1-2H3,(H,26,29). The molecule has 4 aromatic rings. The Morgan fingerprint density at radius 2 is 1.97 bits per heavy atom. The summed E-state index contributed by atoms with van der Waals surface area (Å²) in [4.78, 5) is 33.2. The lowest BCUT2D eigenvalue weighted by atomic mass is 9.71. The van der Waals surface area contributed by atoms with E-state index in [1.807, 2.05) is 56.3 Å². The molecule has 1 spiro atoms. The van der Waals surface area contributed by atoms with E-state index in [-0.39, 0.29) is 18.2 Å². The van der Waals surface area contributed by atoms with E-state index < -0.39 is 5.41 Å². The number of para-hydroxylation sites is 2. The maximum absolute atomic E-state index is 13.8. The van der Waals surface area contributed by atoms with E-state index in [1.54, 1.807) is 15.8 Å². The number of rotatable bonds is 2. The van der Waals surface area contributed by atoms with Crippen molar-refractivity contribution in [3.63, 3.8) is 0 Å². The molecule has 1 unspecified atom stereocenters. The molecule has 0 saturated heterocycles.